The molecule has 6 nitrogen and oxygen atoms in total. The Morgan fingerprint density at radius 1 is 1.32 bits per heavy atom. The van der Waals surface area contributed by atoms with Crippen LogP contribution in [0.4, 0.5) is 5.69 Å². The molecule has 2 rings (SSSR count). The van der Waals surface area contributed by atoms with Crippen LogP contribution < -0.4 is 5.32 Å². The minimum atomic E-state index is -0.582. The lowest BCUT2D eigenvalue weighted by Gasteiger charge is -2.07. The molecule has 0 atom stereocenters. The molecule has 0 saturated heterocycles. The number of non-ortho nitro benzene ring substituents is 1. The molecular formula is C15H10ClN3O3. The van der Waals surface area contributed by atoms with Crippen LogP contribution in [0.2, 0.25) is 5.02 Å². The minimum absolute atomic E-state index is 0.0116. The molecule has 0 aliphatic carbocycles. The Balaban J connectivity index is 2.09. The van der Waals surface area contributed by atoms with E-state index >= 15 is 0 Å². The van der Waals surface area contributed by atoms with Crippen LogP contribution in [-0.4, -0.2) is 10.8 Å². The average molecular weight is 316 g/mol. The minimum Gasteiger partial charge on any atom is -0.348 e. The highest BCUT2D eigenvalue weighted by atomic mass is 35.5. The number of nitro groups is 1. The lowest BCUT2D eigenvalue weighted by atomic mass is 10.1. The third kappa shape index (κ3) is 3.59. The van der Waals surface area contributed by atoms with Crippen LogP contribution in [0.5, 0.6) is 0 Å². The summed E-state index contributed by atoms with van der Waals surface area (Å²) in [6.07, 6.45) is 0. The van der Waals surface area contributed by atoms with Gasteiger partial charge in [0.1, 0.15) is 0 Å². The molecule has 2 aromatic carbocycles. The smallest absolute Gasteiger partial charge is 0.270 e. The van der Waals surface area contributed by atoms with Gasteiger partial charge in [0.2, 0.25) is 0 Å². The predicted molar refractivity (Wildman–Crippen MR) is 80.4 cm³/mol. The fourth-order valence-corrected chi connectivity index (χ4v) is 2.09. The van der Waals surface area contributed by atoms with Gasteiger partial charge >= 0.3 is 0 Å². The highest BCUT2D eigenvalue weighted by Crippen LogP contribution is 2.22. The number of hydrogen-bond donors (Lipinski definition) is 1. The van der Waals surface area contributed by atoms with Gasteiger partial charge in [-0.1, -0.05) is 23.7 Å². The third-order valence-electron chi connectivity index (χ3n) is 2.92. The molecule has 0 radical (unpaired) electrons. The van der Waals surface area contributed by atoms with Gasteiger partial charge in [-0.05, 0) is 23.8 Å². The number of rotatable bonds is 4. The second-order valence-corrected chi connectivity index (χ2v) is 4.82. The maximum atomic E-state index is 12.0. The van der Waals surface area contributed by atoms with Crippen molar-refractivity contribution in [3.8, 4) is 6.07 Å². The molecule has 0 aliphatic heterocycles. The zero-order chi connectivity index (χ0) is 16.1. The molecule has 7 heteroatoms. The third-order valence-corrected chi connectivity index (χ3v) is 3.23. The van der Waals surface area contributed by atoms with Crippen LogP contribution in [0.15, 0.2) is 42.5 Å². The molecule has 0 fully saturated rings. The second kappa shape index (κ2) is 6.70. The van der Waals surface area contributed by atoms with Crippen molar-refractivity contribution in [3.05, 3.63) is 74.3 Å². The Bertz CT molecular complexity index is 784. The van der Waals surface area contributed by atoms with Gasteiger partial charge in [0.25, 0.3) is 11.6 Å². The van der Waals surface area contributed by atoms with E-state index in [1.165, 1.54) is 12.1 Å². The van der Waals surface area contributed by atoms with E-state index in [4.69, 9.17) is 16.9 Å². The molecule has 0 saturated carbocycles. The average Bonchev–Trinajstić information content (AvgIpc) is 2.52. The summed E-state index contributed by atoms with van der Waals surface area (Å²) in [7, 11) is 0. The van der Waals surface area contributed by atoms with Gasteiger partial charge in [-0.2, -0.15) is 5.26 Å². The topological polar surface area (TPSA) is 96.0 Å². The maximum Gasteiger partial charge on any atom is 0.270 e. The highest BCUT2D eigenvalue weighted by molar-refractivity contribution is 6.34. The van der Waals surface area contributed by atoms with Crippen molar-refractivity contribution in [3.63, 3.8) is 0 Å². The molecule has 22 heavy (non-hydrogen) atoms. The van der Waals surface area contributed by atoms with Crippen molar-refractivity contribution in [1.29, 1.82) is 5.26 Å². The Kier molecular flexibility index (Phi) is 4.71. The van der Waals surface area contributed by atoms with Gasteiger partial charge < -0.3 is 5.32 Å². The van der Waals surface area contributed by atoms with Crippen LogP contribution in [0.3, 0.4) is 0 Å². The van der Waals surface area contributed by atoms with E-state index in [0.717, 1.165) is 11.6 Å². The molecule has 1 amide bonds. The zero-order valence-corrected chi connectivity index (χ0v) is 12.0. The normalized spacial score (nSPS) is 9.82. The van der Waals surface area contributed by atoms with Crippen molar-refractivity contribution in [2.45, 2.75) is 6.54 Å². The summed E-state index contributed by atoms with van der Waals surface area (Å²) in [5, 5.41) is 22.1. The summed E-state index contributed by atoms with van der Waals surface area (Å²) >= 11 is 5.89. The zero-order valence-electron chi connectivity index (χ0n) is 11.2. The highest BCUT2D eigenvalue weighted by Gasteiger charge is 2.14. The van der Waals surface area contributed by atoms with E-state index in [1.807, 2.05) is 6.07 Å². The van der Waals surface area contributed by atoms with Gasteiger partial charge in [-0.15, -0.1) is 0 Å². The molecular weight excluding hydrogens is 306 g/mol. The monoisotopic (exact) mass is 315 g/mol. The molecule has 0 aliphatic rings. The van der Waals surface area contributed by atoms with Crippen LogP contribution >= 0.6 is 11.6 Å². The van der Waals surface area contributed by atoms with Crippen LogP contribution in [0.1, 0.15) is 21.5 Å². The molecule has 0 spiro atoms. The summed E-state index contributed by atoms with van der Waals surface area (Å²) in [5.41, 5.74) is 1.25. The summed E-state index contributed by atoms with van der Waals surface area (Å²) in [5.74, 6) is -0.442. The number of benzene rings is 2. The van der Waals surface area contributed by atoms with E-state index in [0.29, 0.717) is 5.56 Å². The summed E-state index contributed by atoms with van der Waals surface area (Å²) in [4.78, 5) is 22.1. The van der Waals surface area contributed by atoms with E-state index in [-0.39, 0.29) is 22.8 Å². The molecule has 0 heterocycles. The summed E-state index contributed by atoms with van der Waals surface area (Å²) < 4.78 is 0. The van der Waals surface area contributed by atoms with Crippen molar-refractivity contribution in [2.24, 2.45) is 0 Å². The maximum absolute atomic E-state index is 12.0. The van der Waals surface area contributed by atoms with E-state index in [9.17, 15) is 14.9 Å². The molecule has 0 bridgehead atoms. The fraction of sp³-hybridized carbons (Fsp3) is 0.0667. The largest absolute Gasteiger partial charge is 0.348 e. The first-order valence-electron chi connectivity index (χ1n) is 6.22. The molecule has 2 aromatic rings. The molecule has 110 valence electrons. The number of nitriles is 1. The number of hydrogen-bond acceptors (Lipinski definition) is 4. The van der Waals surface area contributed by atoms with E-state index < -0.39 is 10.8 Å². The number of nitrogens with zero attached hydrogens (tertiary/aromatic N) is 2. The first kappa shape index (κ1) is 15.5. The van der Waals surface area contributed by atoms with Gasteiger partial charge in [0, 0.05) is 18.7 Å². The predicted octanol–water partition coefficient (Wildman–Crippen LogP) is 3.05. The van der Waals surface area contributed by atoms with Gasteiger partial charge in [-0.25, -0.2) is 0 Å². The lowest BCUT2D eigenvalue weighted by Crippen LogP contribution is -2.23. The van der Waals surface area contributed by atoms with E-state index in [1.54, 1.807) is 24.3 Å². The SMILES string of the molecule is N#Cc1cccc(CNC(=O)c2ccc([N+](=O)[O-])cc2Cl)c1. The Morgan fingerprint density at radius 3 is 2.73 bits per heavy atom. The number of carbonyl (C=O) groups is 1. The lowest BCUT2D eigenvalue weighted by molar-refractivity contribution is -0.384. The number of nitrogens with one attached hydrogen (secondary N) is 1. The number of nitro benzene ring substituents is 1. The fourth-order valence-electron chi connectivity index (χ4n) is 1.83. The first-order valence-corrected chi connectivity index (χ1v) is 6.60. The van der Waals surface area contributed by atoms with Crippen LogP contribution in [-0.2, 0) is 6.54 Å². The van der Waals surface area contributed by atoms with Crippen molar-refractivity contribution in [1.82, 2.24) is 5.32 Å². The Labute approximate surface area is 131 Å². The van der Waals surface area contributed by atoms with Crippen LogP contribution in [0, 0.1) is 21.4 Å². The number of carbonyl (C=O) groups excluding carboxylic acids is 1. The van der Waals surface area contributed by atoms with Crippen molar-refractivity contribution < 1.29 is 9.72 Å². The molecule has 0 aromatic heterocycles. The van der Waals surface area contributed by atoms with Gasteiger partial charge in [0.15, 0.2) is 0 Å². The molecule has 0 unspecified atom stereocenters. The summed E-state index contributed by atoms with van der Waals surface area (Å²) in [6.45, 7) is 0.224. The quantitative estimate of drug-likeness (QED) is 0.692. The Hall–Kier alpha value is -2.91. The summed E-state index contributed by atoms with van der Waals surface area (Å²) in [6, 6.07) is 12.5. The van der Waals surface area contributed by atoms with Crippen molar-refractivity contribution >= 4 is 23.2 Å². The van der Waals surface area contributed by atoms with Crippen LogP contribution in [0.25, 0.3) is 0 Å². The number of amides is 1. The standard InChI is InChI=1S/C15H10ClN3O3/c16-14-7-12(19(21)22)4-5-13(14)15(20)18-9-11-3-1-2-10(6-11)8-17/h1-7H,9H2,(H,18,20). The second-order valence-electron chi connectivity index (χ2n) is 4.42. The first-order chi connectivity index (χ1) is 10.5. The van der Waals surface area contributed by atoms with E-state index in [2.05, 4.69) is 5.32 Å². The number of halogens is 1. The molecule has 1 N–H and O–H groups in total. The Morgan fingerprint density at radius 2 is 2.09 bits per heavy atom. The van der Waals surface area contributed by atoms with Gasteiger partial charge in [-0.3, -0.25) is 14.9 Å². The van der Waals surface area contributed by atoms with Crippen molar-refractivity contribution in [2.75, 3.05) is 0 Å². The van der Waals surface area contributed by atoms with Gasteiger partial charge in [0.05, 0.1) is 27.1 Å².